The molecule has 0 N–H and O–H groups in total. The molecule has 312 valence electrons. The fourth-order valence-electron chi connectivity index (χ4n) is 15.5. The molecule has 14 atom stereocenters. The van der Waals surface area contributed by atoms with Gasteiger partial charge in [-0.05, 0) is 177 Å². The van der Waals surface area contributed by atoms with Crippen molar-refractivity contribution in [1.29, 1.82) is 0 Å². The first-order valence-electron chi connectivity index (χ1n) is 23.8. The van der Waals surface area contributed by atoms with Gasteiger partial charge in [0, 0.05) is 17.9 Å². The molecule has 1 aromatic carbocycles. The van der Waals surface area contributed by atoms with Crippen LogP contribution >= 0.6 is 0 Å². The predicted octanol–water partition coefficient (Wildman–Crippen LogP) is 14.6. The van der Waals surface area contributed by atoms with Crippen molar-refractivity contribution in [2.45, 2.75) is 164 Å². The summed E-state index contributed by atoms with van der Waals surface area (Å²) < 4.78 is 17.5. The Balaban J connectivity index is 0.000000169. The van der Waals surface area contributed by atoms with Gasteiger partial charge in [0.05, 0.1) is 19.4 Å². The van der Waals surface area contributed by atoms with E-state index in [1.165, 1.54) is 109 Å². The number of fused-ring (bicyclic) bond motifs is 10. The maximum absolute atomic E-state index is 9.50. The summed E-state index contributed by atoms with van der Waals surface area (Å²) in [6, 6.07) is 11.2. The van der Waals surface area contributed by atoms with E-state index in [4.69, 9.17) is 6.90 Å². The average Bonchev–Trinajstić information content (AvgIpc) is 3.96. The largest absolute Gasteiger partial charge is 0.255 e. The molecule has 0 aliphatic heterocycles. The molecule has 6 nitrogen and oxygen atoms in total. The summed E-state index contributed by atoms with van der Waals surface area (Å²) in [7, 11) is 1.75. The number of benzene rings is 1. The van der Waals surface area contributed by atoms with Crippen molar-refractivity contribution in [3.8, 4) is 11.3 Å². The Hall–Kier alpha value is -2.92. The molecule has 0 amide bonds. The lowest BCUT2D eigenvalue weighted by Gasteiger charge is -2.58. The van der Waals surface area contributed by atoms with Gasteiger partial charge in [0.15, 0.2) is 0 Å². The third kappa shape index (κ3) is 6.96. The van der Waals surface area contributed by atoms with E-state index in [-0.39, 0.29) is 11.5 Å². The Kier molecular flexibility index (Phi) is 11.7. The second-order valence-corrected chi connectivity index (χ2v) is 21.1. The summed E-state index contributed by atoms with van der Waals surface area (Å²) in [5.41, 5.74) is 16.3. The lowest BCUT2D eigenvalue weighted by molar-refractivity contribution is -0.0429. The van der Waals surface area contributed by atoms with Gasteiger partial charge in [-0.25, -0.2) is 4.68 Å². The van der Waals surface area contributed by atoms with Crippen molar-refractivity contribution in [3.05, 3.63) is 70.3 Å². The van der Waals surface area contributed by atoms with E-state index in [1.807, 2.05) is 5.57 Å². The molecule has 0 saturated heterocycles. The van der Waals surface area contributed by atoms with Gasteiger partial charge in [0.2, 0.25) is 0 Å². The van der Waals surface area contributed by atoms with Crippen LogP contribution in [0.15, 0.2) is 64.9 Å². The molecular formula is C50H75FN6. The Bertz CT molecular complexity index is 1840. The van der Waals surface area contributed by atoms with E-state index >= 15 is 0 Å². The van der Waals surface area contributed by atoms with Crippen molar-refractivity contribution in [1.82, 2.24) is 15.0 Å². The molecule has 0 radical (unpaired) electrons. The highest BCUT2D eigenvalue weighted by molar-refractivity contribution is 5.57. The Morgan fingerprint density at radius 3 is 1.86 bits per heavy atom. The molecule has 57 heavy (non-hydrogen) atoms. The Morgan fingerprint density at radius 2 is 1.28 bits per heavy atom. The van der Waals surface area contributed by atoms with Gasteiger partial charge in [-0.1, -0.05) is 113 Å². The third-order valence-electron chi connectivity index (χ3n) is 18.7. The van der Waals surface area contributed by atoms with Crippen LogP contribution in [0, 0.1) is 69.0 Å². The standard InChI is InChI=1S/C28H37N3.C20H31N3.CH3F.CH4/c1-19-13-15-27(2)21(17-19)9-10-22-23-11-12-26(28(23,3)16-14-24(22)27)31-18-25(29-30-31)20-7-5-4-6-8-20;1-13-8-10-19(2)14(12-13)4-5-15-16-6-7-18(22-23-21)20(16,3)11-9-17(15)19;1-2;/h4-9,18-19,22-24,26H,10-17H2,1-3H3;4,13,15-18H,5-12H2,1-3H3;1H3;1H4/t19-,22?,23?,24?,26+,27-,28-;13-,15?,16?,17?,18+,19-,20-;;/m00../s1/i;;;1D. The van der Waals surface area contributed by atoms with Crippen LogP contribution < -0.4 is 0 Å². The molecule has 2 aromatic rings. The van der Waals surface area contributed by atoms with Crippen LogP contribution in [0.4, 0.5) is 4.39 Å². The number of aromatic nitrogens is 3. The first-order chi connectivity index (χ1) is 28.0. The monoisotopic (exact) mass is 780 g/mol. The molecule has 7 heteroatoms. The summed E-state index contributed by atoms with van der Waals surface area (Å²) >= 11 is 0. The molecular weight excluding hydrogens is 704 g/mol. The molecule has 6 fully saturated rings. The van der Waals surface area contributed by atoms with Crippen molar-refractivity contribution in [2.24, 2.45) is 74.1 Å². The van der Waals surface area contributed by atoms with Crippen LogP contribution in [0.2, 0.25) is 0 Å². The van der Waals surface area contributed by atoms with Gasteiger partial charge in [-0.15, -0.1) is 5.10 Å². The van der Waals surface area contributed by atoms with Gasteiger partial charge < -0.3 is 0 Å². The molecule has 6 saturated carbocycles. The number of nitrogens with zero attached hydrogens (tertiary/aromatic N) is 6. The highest BCUT2D eigenvalue weighted by Gasteiger charge is 2.60. The number of halogens is 1. The van der Waals surface area contributed by atoms with Gasteiger partial charge >= 0.3 is 0 Å². The fourth-order valence-corrected chi connectivity index (χ4v) is 15.5. The second-order valence-electron chi connectivity index (χ2n) is 21.1. The normalized spacial score (nSPS) is 43.8. The summed E-state index contributed by atoms with van der Waals surface area (Å²) in [6.07, 6.45) is 28.8. The van der Waals surface area contributed by atoms with E-state index in [0.717, 1.165) is 59.5 Å². The molecule has 0 bridgehead atoms. The zero-order chi connectivity index (χ0) is 41.5. The molecule has 8 aliphatic rings. The maximum atomic E-state index is 9.50. The van der Waals surface area contributed by atoms with E-state index in [0.29, 0.717) is 29.5 Å². The first-order valence-corrected chi connectivity index (χ1v) is 22.8. The number of hydrogen-bond donors (Lipinski definition) is 0. The van der Waals surface area contributed by atoms with Crippen LogP contribution in [-0.4, -0.2) is 28.2 Å². The van der Waals surface area contributed by atoms with Gasteiger partial charge in [-0.3, -0.25) is 4.39 Å². The summed E-state index contributed by atoms with van der Waals surface area (Å²) in [6.45, 7) is 15.1. The lowest BCUT2D eigenvalue weighted by atomic mass is 9.47. The van der Waals surface area contributed by atoms with Crippen LogP contribution in [0.1, 0.15) is 159 Å². The van der Waals surface area contributed by atoms with Crippen LogP contribution in [0.5, 0.6) is 0 Å². The van der Waals surface area contributed by atoms with Gasteiger partial charge in [0.1, 0.15) is 5.69 Å². The zero-order valence-electron chi connectivity index (χ0n) is 37.8. The summed E-state index contributed by atoms with van der Waals surface area (Å²) in [5, 5.41) is 13.4. The molecule has 1 aromatic heterocycles. The van der Waals surface area contributed by atoms with Crippen molar-refractivity contribution in [3.63, 3.8) is 0 Å². The number of rotatable bonds is 3. The lowest BCUT2D eigenvalue weighted by Crippen LogP contribution is -2.50. The van der Waals surface area contributed by atoms with Crippen molar-refractivity contribution < 1.29 is 5.76 Å². The molecule has 6 unspecified atom stereocenters. The quantitative estimate of drug-likeness (QED) is 0.135. The second kappa shape index (κ2) is 16.3. The number of azide groups is 1. The molecule has 8 aliphatic carbocycles. The maximum Gasteiger partial charge on any atom is 0.113 e. The Morgan fingerprint density at radius 1 is 0.737 bits per heavy atom. The average molecular weight is 780 g/mol. The number of allylic oxidation sites excluding steroid dienone is 4. The van der Waals surface area contributed by atoms with E-state index < -0.39 is 0 Å². The van der Waals surface area contributed by atoms with E-state index in [1.54, 1.807) is 5.57 Å². The minimum Gasteiger partial charge on any atom is -0.255 e. The molecule has 1 heterocycles. The van der Waals surface area contributed by atoms with Gasteiger partial charge in [-0.2, -0.15) is 0 Å². The molecule has 0 spiro atoms. The summed E-state index contributed by atoms with van der Waals surface area (Å²) in [5.74, 6) is 6.82. The minimum atomic E-state index is 0.239. The topological polar surface area (TPSA) is 79.5 Å². The fraction of sp³-hybridized carbons (Fsp3) is 0.760. The predicted molar refractivity (Wildman–Crippen MR) is 233 cm³/mol. The van der Waals surface area contributed by atoms with Crippen LogP contribution in [-0.2, 0) is 0 Å². The smallest absolute Gasteiger partial charge is 0.113 e. The Labute approximate surface area is 346 Å². The number of hydrogen-bond acceptors (Lipinski definition) is 3. The van der Waals surface area contributed by atoms with E-state index in [9.17, 15) is 4.39 Å². The van der Waals surface area contributed by atoms with Crippen molar-refractivity contribution >= 4 is 0 Å². The van der Waals surface area contributed by atoms with Gasteiger partial charge in [0.25, 0.3) is 0 Å². The third-order valence-corrected chi connectivity index (χ3v) is 18.7. The van der Waals surface area contributed by atoms with Crippen LogP contribution in [0.3, 0.4) is 0 Å². The SMILES string of the molecule is CF.C[C@H]1CC[C@@]2(C)C(=CCC3C2CC[C@@]2(C)C3CC[C@H]2N=[N+]=[N-])C1.C[C@H]1CC[C@@]2(C)C(=CCC3C2CC[C@@]2(C)C3CC[C@H]2n2cc(-c3ccccc3)nn2)C1.[2H]C. The minimum absolute atomic E-state index is 0.239. The van der Waals surface area contributed by atoms with Crippen LogP contribution in [0.25, 0.3) is 21.7 Å². The zero-order valence-corrected chi connectivity index (χ0v) is 36.8. The van der Waals surface area contributed by atoms with E-state index in [2.05, 4.69) is 115 Å². The van der Waals surface area contributed by atoms with Crippen molar-refractivity contribution in [2.75, 3.05) is 7.18 Å². The number of alkyl halides is 1. The highest BCUT2D eigenvalue weighted by atomic mass is 19.1. The summed E-state index contributed by atoms with van der Waals surface area (Å²) in [4.78, 5) is 3.16. The molecule has 10 rings (SSSR count). The first kappa shape index (κ1) is 40.8. The highest BCUT2D eigenvalue weighted by Crippen LogP contribution is 2.68.